The lowest BCUT2D eigenvalue weighted by atomic mass is 9.92. The third kappa shape index (κ3) is 2.54. The molecule has 2 rings (SSSR count). The maximum atomic E-state index is 11.7. The Morgan fingerprint density at radius 2 is 2.56 bits per heavy atom. The molecular weight excluding hydrogens is 232 g/mol. The van der Waals surface area contributed by atoms with E-state index < -0.39 is 6.04 Å². The van der Waals surface area contributed by atoms with Gasteiger partial charge in [0.1, 0.15) is 0 Å². The maximum absolute atomic E-state index is 11.7. The number of carbonyl (C=O) groups excluding carboxylic acids is 1. The molecule has 0 aliphatic heterocycles. The van der Waals surface area contributed by atoms with E-state index >= 15 is 0 Å². The van der Waals surface area contributed by atoms with Crippen molar-refractivity contribution in [3.8, 4) is 0 Å². The lowest BCUT2D eigenvalue weighted by Gasteiger charge is -2.24. The van der Waals surface area contributed by atoms with Crippen LogP contribution in [-0.2, 0) is 17.8 Å². The molecule has 100 valence electrons. The lowest BCUT2D eigenvalue weighted by molar-refractivity contribution is -0.122. The summed E-state index contributed by atoms with van der Waals surface area (Å²) in [7, 11) is 0. The predicted octanol–water partition coefficient (Wildman–Crippen LogP) is -0.284. The maximum Gasteiger partial charge on any atom is 0.237 e. The van der Waals surface area contributed by atoms with Gasteiger partial charge in [0.2, 0.25) is 5.91 Å². The Morgan fingerprint density at radius 1 is 1.78 bits per heavy atom. The number of nitrogens with two attached hydrogens (primary N) is 1. The van der Waals surface area contributed by atoms with E-state index in [-0.39, 0.29) is 18.6 Å². The largest absolute Gasteiger partial charge is 0.394 e. The Balaban J connectivity index is 2.15. The van der Waals surface area contributed by atoms with Crippen molar-refractivity contribution in [1.82, 2.24) is 15.1 Å². The van der Waals surface area contributed by atoms with Crippen LogP contribution in [-0.4, -0.2) is 33.4 Å². The molecule has 0 saturated heterocycles. The molecule has 6 nitrogen and oxygen atoms in total. The molecule has 6 heteroatoms. The van der Waals surface area contributed by atoms with Crippen molar-refractivity contribution in [1.29, 1.82) is 0 Å². The van der Waals surface area contributed by atoms with Crippen molar-refractivity contribution in [3.05, 3.63) is 17.5 Å². The molecule has 1 aliphatic rings. The topological polar surface area (TPSA) is 93.2 Å². The summed E-state index contributed by atoms with van der Waals surface area (Å²) in [6.07, 6.45) is 4.65. The zero-order chi connectivity index (χ0) is 13.1. The van der Waals surface area contributed by atoms with Gasteiger partial charge in [-0.1, -0.05) is 0 Å². The van der Waals surface area contributed by atoms with Crippen molar-refractivity contribution in [2.75, 3.05) is 6.61 Å². The van der Waals surface area contributed by atoms with Crippen LogP contribution in [0.25, 0.3) is 0 Å². The summed E-state index contributed by atoms with van der Waals surface area (Å²) in [5, 5.41) is 16.2. The van der Waals surface area contributed by atoms with Gasteiger partial charge in [0, 0.05) is 11.3 Å². The molecule has 0 fully saturated rings. The minimum Gasteiger partial charge on any atom is -0.394 e. The van der Waals surface area contributed by atoms with E-state index in [0.717, 1.165) is 30.5 Å². The minimum absolute atomic E-state index is 0.000284. The van der Waals surface area contributed by atoms with Gasteiger partial charge in [-0.25, -0.2) is 0 Å². The molecule has 1 aromatic heterocycles. The van der Waals surface area contributed by atoms with Crippen LogP contribution < -0.4 is 11.1 Å². The average Bonchev–Trinajstić information content (AvgIpc) is 2.74. The molecule has 0 radical (unpaired) electrons. The number of nitrogens with one attached hydrogen (secondary N) is 1. The molecule has 2 unspecified atom stereocenters. The predicted molar refractivity (Wildman–Crippen MR) is 66.8 cm³/mol. The van der Waals surface area contributed by atoms with Gasteiger partial charge in [-0.3, -0.25) is 9.48 Å². The molecular formula is C12H20N4O2. The summed E-state index contributed by atoms with van der Waals surface area (Å²) in [4.78, 5) is 11.7. The van der Waals surface area contributed by atoms with Crippen LogP contribution in [0.15, 0.2) is 6.20 Å². The molecule has 18 heavy (non-hydrogen) atoms. The normalized spacial score (nSPS) is 20.3. The van der Waals surface area contributed by atoms with Crippen LogP contribution in [0.3, 0.4) is 0 Å². The Kier molecular flexibility index (Phi) is 3.98. The van der Waals surface area contributed by atoms with Crippen molar-refractivity contribution >= 4 is 5.91 Å². The number of amides is 1. The van der Waals surface area contributed by atoms with E-state index in [0.29, 0.717) is 6.54 Å². The van der Waals surface area contributed by atoms with Gasteiger partial charge < -0.3 is 16.2 Å². The Hall–Kier alpha value is -1.40. The first-order chi connectivity index (χ1) is 8.63. The second kappa shape index (κ2) is 5.49. The highest BCUT2D eigenvalue weighted by atomic mass is 16.3. The van der Waals surface area contributed by atoms with Crippen LogP contribution in [0.2, 0.25) is 0 Å². The average molecular weight is 252 g/mol. The molecule has 1 aromatic rings. The smallest absolute Gasteiger partial charge is 0.237 e. The monoisotopic (exact) mass is 252 g/mol. The molecule has 2 atom stereocenters. The van der Waals surface area contributed by atoms with Crippen LogP contribution in [0.4, 0.5) is 0 Å². The Morgan fingerprint density at radius 3 is 3.22 bits per heavy atom. The lowest BCUT2D eigenvalue weighted by Crippen LogP contribution is -2.41. The third-order valence-corrected chi connectivity index (χ3v) is 3.30. The van der Waals surface area contributed by atoms with Crippen molar-refractivity contribution in [2.24, 2.45) is 5.73 Å². The molecule has 0 bridgehead atoms. The Labute approximate surface area is 106 Å². The van der Waals surface area contributed by atoms with Crippen molar-refractivity contribution in [2.45, 2.75) is 44.8 Å². The number of nitrogens with zero attached hydrogens (tertiary/aromatic N) is 2. The molecule has 1 heterocycles. The molecule has 0 spiro atoms. The van der Waals surface area contributed by atoms with E-state index in [1.807, 2.05) is 4.68 Å². The fraction of sp³-hybridized carbons (Fsp3) is 0.667. The van der Waals surface area contributed by atoms with E-state index in [2.05, 4.69) is 10.4 Å². The number of fused-ring (bicyclic) bond motifs is 1. The second-order valence-corrected chi connectivity index (χ2v) is 4.74. The van der Waals surface area contributed by atoms with Gasteiger partial charge in [0.15, 0.2) is 0 Å². The number of rotatable bonds is 4. The number of aliphatic hydroxyl groups excluding tert-OH is 1. The van der Waals surface area contributed by atoms with Gasteiger partial charge >= 0.3 is 0 Å². The van der Waals surface area contributed by atoms with Gasteiger partial charge in [-0.05, 0) is 26.2 Å². The number of hydrogen-bond acceptors (Lipinski definition) is 4. The summed E-state index contributed by atoms with van der Waals surface area (Å²) in [6.45, 7) is 2.25. The standard InChI is InChI=1S/C12H20N4O2/c1-8(13)12(18)15-10-3-2-4-11-9(10)7-14-16(11)5-6-17/h7-8,10,17H,2-6,13H2,1H3,(H,15,18). The molecule has 1 aliphatic carbocycles. The quantitative estimate of drug-likeness (QED) is 0.687. The van der Waals surface area contributed by atoms with Crippen molar-refractivity contribution < 1.29 is 9.90 Å². The first-order valence-corrected chi connectivity index (χ1v) is 6.35. The zero-order valence-corrected chi connectivity index (χ0v) is 10.6. The van der Waals surface area contributed by atoms with Crippen LogP contribution in [0.1, 0.15) is 37.1 Å². The van der Waals surface area contributed by atoms with E-state index in [1.54, 1.807) is 13.1 Å². The van der Waals surface area contributed by atoms with Crippen molar-refractivity contribution in [3.63, 3.8) is 0 Å². The van der Waals surface area contributed by atoms with Gasteiger partial charge in [0.25, 0.3) is 0 Å². The SMILES string of the molecule is CC(N)C(=O)NC1CCCc2c1cnn2CCO. The summed E-state index contributed by atoms with van der Waals surface area (Å²) in [6, 6.07) is -0.498. The molecule has 0 saturated carbocycles. The number of aliphatic hydroxyl groups is 1. The van der Waals surface area contributed by atoms with Gasteiger partial charge in [0.05, 0.1) is 31.4 Å². The third-order valence-electron chi connectivity index (χ3n) is 3.30. The Bertz CT molecular complexity index is 428. The zero-order valence-electron chi connectivity index (χ0n) is 10.6. The van der Waals surface area contributed by atoms with Gasteiger partial charge in [-0.15, -0.1) is 0 Å². The fourth-order valence-electron chi connectivity index (χ4n) is 2.36. The number of carbonyl (C=O) groups is 1. The summed E-state index contributed by atoms with van der Waals surface area (Å²) < 4.78 is 1.82. The number of hydrogen-bond donors (Lipinski definition) is 3. The molecule has 4 N–H and O–H groups in total. The highest BCUT2D eigenvalue weighted by molar-refractivity contribution is 5.81. The second-order valence-electron chi connectivity index (χ2n) is 4.74. The van der Waals surface area contributed by atoms with Crippen LogP contribution in [0.5, 0.6) is 0 Å². The van der Waals surface area contributed by atoms with Gasteiger partial charge in [-0.2, -0.15) is 5.10 Å². The molecule has 1 amide bonds. The highest BCUT2D eigenvalue weighted by Crippen LogP contribution is 2.29. The van der Waals surface area contributed by atoms with E-state index in [4.69, 9.17) is 10.8 Å². The van der Waals surface area contributed by atoms with E-state index in [9.17, 15) is 4.79 Å². The number of aromatic nitrogens is 2. The first kappa shape index (κ1) is 13.0. The summed E-state index contributed by atoms with van der Waals surface area (Å²) in [5.74, 6) is -0.136. The minimum atomic E-state index is -0.497. The fourth-order valence-corrected chi connectivity index (χ4v) is 2.36. The highest BCUT2D eigenvalue weighted by Gasteiger charge is 2.25. The van der Waals surface area contributed by atoms with Crippen LogP contribution in [0, 0.1) is 0 Å². The molecule has 0 aromatic carbocycles. The summed E-state index contributed by atoms with van der Waals surface area (Å²) >= 11 is 0. The van der Waals surface area contributed by atoms with E-state index in [1.165, 1.54) is 0 Å². The first-order valence-electron chi connectivity index (χ1n) is 6.35. The van der Waals surface area contributed by atoms with Crippen LogP contribution >= 0.6 is 0 Å². The summed E-state index contributed by atoms with van der Waals surface area (Å²) in [5.41, 5.74) is 7.74.